The molecule has 0 aromatic heterocycles. The first-order chi connectivity index (χ1) is 22.0. The van der Waals surface area contributed by atoms with Crippen molar-refractivity contribution in [3.63, 3.8) is 0 Å². The molecule has 0 fully saturated rings. The largest absolute Gasteiger partial charge is 0.354 e. The molecule has 0 aliphatic heterocycles. The first kappa shape index (κ1) is 34.7. The first-order valence-corrected chi connectivity index (χ1v) is 17.0. The Kier molecular flexibility index (Phi) is 12.0. The molecule has 10 heteroatoms. The Hall–Kier alpha value is -4.21. The molecule has 0 saturated heterocycles. The molecule has 0 aliphatic rings. The van der Waals surface area contributed by atoms with Gasteiger partial charge in [0, 0.05) is 30.1 Å². The van der Waals surface area contributed by atoms with E-state index in [1.54, 1.807) is 55.5 Å². The number of nitrogens with zero attached hydrogens (tertiary/aromatic N) is 2. The molecule has 2 amide bonds. The minimum absolute atomic E-state index is 0.0101. The number of aryl methyl sites for hydroxylation is 1. The van der Waals surface area contributed by atoms with E-state index in [-0.39, 0.29) is 29.1 Å². The number of halogens is 2. The summed E-state index contributed by atoms with van der Waals surface area (Å²) in [6, 6.07) is 25.4. The molecule has 0 radical (unpaired) electrons. The summed E-state index contributed by atoms with van der Waals surface area (Å²) in [4.78, 5) is 29.6. The Labute approximate surface area is 276 Å². The molecule has 1 unspecified atom stereocenters. The molecule has 0 aliphatic carbocycles. The van der Waals surface area contributed by atoms with Crippen LogP contribution in [0.4, 0.5) is 10.1 Å². The van der Waals surface area contributed by atoms with Crippen molar-refractivity contribution in [1.29, 1.82) is 0 Å². The molecule has 242 valence electrons. The van der Waals surface area contributed by atoms with E-state index in [2.05, 4.69) is 5.32 Å². The summed E-state index contributed by atoms with van der Waals surface area (Å²) in [5.41, 5.74) is 2.54. The molecule has 46 heavy (non-hydrogen) atoms. The maximum absolute atomic E-state index is 15.1. The van der Waals surface area contributed by atoms with Crippen LogP contribution in [0, 0.1) is 19.7 Å². The molecule has 0 bridgehead atoms. The van der Waals surface area contributed by atoms with Crippen molar-refractivity contribution in [2.75, 3.05) is 17.4 Å². The number of hydrogen-bond donors (Lipinski definition) is 1. The quantitative estimate of drug-likeness (QED) is 0.150. The fourth-order valence-corrected chi connectivity index (χ4v) is 6.73. The highest BCUT2D eigenvalue weighted by Gasteiger charge is 2.35. The zero-order chi connectivity index (χ0) is 33.3. The lowest BCUT2D eigenvalue weighted by Gasteiger charge is -2.34. The molecule has 0 saturated carbocycles. The van der Waals surface area contributed by atoms with Crippen molar-refractivity contribution >= 4 is 39.1 Å². The third-order valence-electron chi connectivity index (χ3n) is 7.79. The number of hydrogen-bond acceptors (Lipinski definition) is 4. The van der Waals surface area contributed by atoms with Crippen LogP contribution in [-0.2, 0) is 32.6 Å². The van der Waals surface area contributed by atoms with Gasteiger partial charge < -0.3 is 10.2 Å². The topological polar surface area (TPSA) is 86.8 Å². The lowest BCUT2D eigenvalue weighted by Crippen LogP contribution is -2.53. The highest BCUT2D eigenvalue weighted by molar-refractivity contribution is 7.92. The second-order valence-corrected chi connectivity index (χ2v) is 13.4. The Morgan fingerprint density at radius 1 is 0.891 bits per heavy atom. The van der Waals surface area contributed by atoms with E-state index in [9.17, 15) is 18.0 Å². The van der Waals surface area contributed by atoms with Gasteiger partial charge in [-0.15, -0.1) is 0 Å². The SMILES string of the molecule is CCCCNC(=O)C(Cc1ccccc1)N(Cc1ccccc1F)C(=O)CN(c1cccc(Cl)c1C)S(=O)(=O)c1ccc(C)cc1. The smallest absolute Gasteiger partial charge is 0.264 e. The summed E-state index contributed by atoms with van der Waals surface area (Å²) in [5.74, 6) is -1.63. The summed E-state index contributed by atoms with van der Waals surface area (Å²) in [6.07, 6.45) is 1.73. The highest BCUT2D eigenvalue weighted by atomic mass is 35.5. The van der Waals surface area contributed by atoms with Crippen LogP contribution in [0.5, 0.6) is 0 Å². The Morgan fingerprint density at radius 2 is 1.57 bits per heavy atom. The van der Waals surface area contributed by atoms with E-state index in [1.165, 1.54) is 23.1 Å². The molecule has 1 N–H and O–H groups in total. The van der Waals surface area contributed by atoms with Gasteiger partial charge in [-0.05, 0) is 61.7 Å². The normalized spacial score (nSPS) is 11.9. The zero-order valence-corrected chi connectivity index (χ0v) is 27.8. The summed E-state index contributed by atoms with van der Waals surface area (Å²) in [6.45, 7) is 5.02. The number of rotatable bonds is 14. The van der Waals surface area contributed by atoms with Gasteiger partial charge in [-0.3, -0.25) is 13.9 Å². The second-order valence-electron chi connectivity index (χ2n) is 11.2. The maximum atomic E-state index is 15.1. The molecule has 0 spiro atoms. The number of benzene rings is 4. The third kappa shape index (κ3) is 8.53. The Bertz CT molecular complexity index is 1750. The van der Waals surface area contributed by atoms with Crippen molar-refractivity contribution in [3.8, 4) is 0 Å². The van der Waals surface area contributed by atoms with Crippen LogP contribution in [0.3, 0.4) is 0 Å². The van der Waals surface area contributed by atoms with E-state index in [4.69, 9.17) is 11.6 Å². The van der Waals surface area contributed by atoms with E-state index < -0.39 is 40.2 Å². The number of carbonyl (C=O) groups excluding carboxylic acids is 2. The van der Waals surface area contributed by atoms with Gasteiger partial charge in [0.05, 0.1) is 10.6 Å². The van der Waals surface area contributed by atoms with Crippen molar-refractivity contribution in [3.05, 3.63) is 130 Å². The fraction of sp³-hybridized carbons (Fsp3) is 0.278. The van der Waals surface area contributed by atoms with Crippen molar-refractivity contribution in [1.82, 2.24) is 10.2 Å². The van der Waals surface area contributed by atoms with Crippen LogP contribution in [-0.4, -0.2) is 44.3 Å². The van der Waals surface area contributed by atoms with Gasteiger partial charge in [-0.25, -0.2) is 12.8 Å². The average Bonchev–Trinajstić information content (AvgIpc) is 3.04. The number of nitrogens with one attached hydrogen (secondary N) is 1. The number of unbranched alkanes of at least 4 members (excludes halogenated alkanes) is 1. The van der Waals surface area contributed by atoms with Crippen LogP contribution < -0.4 is 9.62 Å². The standard InChI is InChI=1S/C36H39ClFN3O4S/c1-4-5-22-39-36(43)34(23-28-12-7-6-8-13-28)40(24-29-14-9-10-16-32(29)38)35(42)25-41(33-17-11-15-31(37)27(33)3)46(44,45)30-20-18-26(2)19-21-30/h6-21,34H,4-5,22-25H2,1-3H3,(H,39,43). The molecule has 4 aromatic carbocycles. The lowest BCUT2D eigenvalue weighted by molar-refractivity contribution is -0.140. The van der Waals surface area contributed by atoms with Gasteiger partial charge in [-0.2, -0.15) is 0 Å². The van der Waals surface area contributed by atoms with Gasteiger partial charge >= 0.3 is 0 Å². The molecule has 4 rings (SSSR count). The second kappa shape index (κ2) is 15.9. The summed E-state index contributed by atoms with van der Waals surface area (Å²) < 4.78 is 44.5. The van der Waals surface area contributed by atoms with Crippen molar-refractivity contribution in [2.45, 2.75) is 57.5 Å². The Morgan fingerprint density at radius 3 is 2.24 bits per heavy atom. The molecule has 4 aromatic rings. The Balaban J connectivity index is 1.83. The van der Waals surface area contributed by atoms with Crippen LogP contribution in [0.25, 0.3) is 0 Å². The predicted octanol–water partition coefficient (Wildman–Crippen LogP) is 6.85. The summed E-state index contributed by atoms with van der Waals surface area (Å²) in [7, 11) is -4.29. The van der Waals surface area contributed by atoms with E-state index in [0.29, 0.717) is 17.1 Å². The molecule has 0 heterocycles. The van der Waals surface area contributed by atoms with E-state index in [0.717, 1.165) is 28.3 Å². The minimum Gasteiger partial charge on any atom is -0.354 e. The number of amides is 2. The van der Waals surface area contributed by atoms with Gasteiger partial charge in [0.1, 0.15) is 18.4 Å². The van der Waals surface area contributed by atoms with Crippen molar-refractivity contribution < 1.29 is 22.4 Å². The van der Waals surface area contributed by atoms with Crippen LogP contribution in [0.15, 0.2) is 102 Å². The van der Waals surface area contributed by atoms with E-state index >= 15 is 4.39 Å². The van der Waals surface area contributed by atoms with Gasteiger partial charge in [0.15, 0.2) is 0 Å². The maximum Gasteiger partial charge on any atom is 0.264 e. The van der Waals surface area contributed by atoms with Crippen LogP contribution >= 0.6 is 11.6 Å². The third-order valence-corrected chi connectivity index (χ3v) is 9.98. The predicted molar refractivity (Wildman–Crippen MR) is 181 cm³/mol. The first-order valence-electron chi connectivity index (χ1n) is 15.2. The minimum atomic E-state index is -4.29. The molecule has 1 atom stereocenters. The monoisotopic (exact) mass is 663 g/mol. The van der Waals surface area contributed by atoms with Gasteiger partial charge in [-0.1, -0.05) is 97.2 Å². The fourth-order valence-electron chi connectivity index (χ4n) is 5.09. The summed E-state index contributed by atoms with van der Waals surface area (Å²) >= 11 is 6.43. The molecular weight excluding hydrogens is 625 g/mol. The number of sulfonamides is 1. The zero-order valence-electron chi connectivity index (χ0n) is 26.2. The van der Waals surface area contributed by atoms with Crippen LogP contribution in [0.1, 0.15) is 42.0 Å². The van der Waals surface area contributed by atoms with Crippen molar-refractivity contribution in [2.24, 2.45) is 0 Å². The van der Waals surface area contributed by atoms with Gasteiger partial charge in [0.2, 0.25) is 11.8 Å². The van der Waals surface area contributed by atoms with Crippen LogP contribution in [0.2, 0.25) is 5.02 Å². The lowest BCUT2D eigenvalue weighted by atomic mass is 10.0. The summed E-state index contributed by atoms with van der Waals surface area (Å²) in [5, 5.41) is 3.26. The molecule has 7 nitrogen and oxygen atoms in total. The number of carbonyl (C=O) groups is 2. The van der Waals surface area contributed by atoms with Gasteiger partial charge in [0.25, 0.3) is 10.0 Å². The number of anilines is 1. The van der Waals surface area contributed by atoms with E-state index in [1.807, 2.05) is 44.2 Å². The highest BCUT2D eigenvalue weighted by Crippen LogP contribution is 2.31. The molecular formula is C36H39ClFN3O4S. The average molecular weight is 664 g/mol.